The number of hydrogen-bond donors (Lipinski definition) is 1. The van der Waals surface area contributed by atoms with E-state index in [9.17, 15) is 0 Å². The number of nitrogens with one attached hydrogen (secondary N) is 1. The van der Waals surface area contributed by atoms with Gasteiger partial charge < -0.3 is 5.32 Å². The Morgan fingerprint density at radius 3 is 2.47 bits per heavy atom. The van der Waals surface area contributed by atoms with Crippen molar-refractivity contribution in [2.45, 2.75) is 12.8 Å². The Bertz CT molecular complexity index is 415. The fraction of sp³-hybridized carbons (Fsp3) is 0.167. The maximum absolute atomic E-state index is 6.09. The van der Waals surface area contributed by atoms with E-state index in [0.717, 1.165) is 34.1 Å². The van der Waals surface area contributed by atoms with Gasteiger partial charge in [0.25, 0.3) is 0 Å². The van der Waals surface area contributed by atoms with Crippen molar-refractivity contribution in [3.8, 4) is 0 Å². The molecule has 1 aliphatic heterocycles. The van der Waals surface area contributed by atoms with E-state index < -0.39 is 0 Å². The Morgan fingerprint density at radius 2 is 1.93 bits per heavy atom. The van der Waals surface area contributed by atoms with Crippen LogP contribution in [0.3, 0.4) is 0 Å². The fourth-order valence-corrected chi connectivity index (χ4v) is 2.15. The maximum atomic E-state index is 6.09. The average Bonchev–Trinajstić information content (AvgIpc) is 2.58. The molecule has 3 heteroatoms. The summed E-state index contributed by atoms with van der Waals surface area (Å²) in [6.07, 6.45) is 3.63. The highest BCUT2D eigenvalue weighted by molar-refractivity contribution is 6.36. The van der Waals surface area contributed by atoms with Gasteiger partial charge in [-0.25, -0.2) is 0 Å². The predicted octanol–water partition coefficient (Wildman–Crippen LogP) is 3.93. The molecule has 0 amide bonds. The number of halogens is 2. The van der Waals surface area contributed by atoms with Gasteiger partial charge in [-0.15, -0.1) is 0 Å². The monoisotopic (exact) mass is 239 g/mol. The Hall–Kier alpha value is -0.920. The van der Waals surface area contributed by atoms with Gasteiger partial charge in [0.2, 0.25) is 0 Å². The molecule has 1 aromatic carbocycles. The normalized spacial score (nSPS) is 15.1. The van der Waals surface area contributed by atoms with E-state index in [1.165, 1.54) is 5.57 Å². The van der Waals surface area contributed by atoms with Gasteiger partial charge in [-0.1, -0.05) is 35.8 Å². The van der Waals surface area contributed by atoms with Crippen molar-refractivity contribution < 1.29 is 0 Å². The molecule has 0 fully saturated rings. The van der Waals surface area contributed by atoms with Crippen molar-refractivity contribution in [1.82, 2.24) is 5.32 Å². The molecule has 0 atom stereocenters. The highest BCUT2D eigenvalue weighted by Gasteiger charge is 2.12. The van der Waals surface area contributed by atoms with Crippen molar-refractivity contribution in [3.63, 3.8) is 0 Å². The van der Waals surface area contributed by atoms with Gasteiger partial charge in [-0.2, -0.15) is 0 Å². The van der Waals surface area contributed by atoms with Crippen molar-refractivity contribution in [1.29, 1.82) is 0 Å². The van der Waals surface area contributed by atoms with Crippen LogP contribution < -0.4 is 5.32 Å². The molecule has 1 aromatic rings. The van der Waals surface area contributed by atoms with E-state index in [0.29, 0.717) is 0 Å². The zero-order valence-electron chi connectivity index (χ0n) is 8.19. The predicted molar refractivity (Wildman–Crippen MR) is 65.1 cm³/mol. The van der Waals surface area contributed by atoms with Crippen molar-refractivity contribution in [2.24, 2.45) is 0 Å². The van der Waals surface area contributed by atoms with Crippen LogP contribution in [0.15, 0.2) is 42.2 Å². The van der Waals surface area contributed by atoms with Crippen LogP contribution >= 0.6 is 23.2 Å². The summed E-state index contributed by atoms with van der Waals surface area (Å²) in [5.41, 5.74) is 3.27. The zero-order chi connectivity index (χ0) is 10.8. The summed E-state index contributed by atoms with van der Waals surface area (Å²) < 4.78 is 0. The first-order valence-electron chi connectivity index (χ1n) is 4.72. The second-order valence-corrected chi connectivity index (χ2v) is 4.42. The summed E-state index contributed by atoms with van der Waals surface area (Å²) in [5, 5.41) is 4.53. The van der Waals surface area contributed by atoms with Crippen molar-refractivity contribution in [3.05, 3.63) is 57.9 Å². The smallest absolute Gasteiger partial charge is 0.0456 e. The maximum Gasteiger partial charge on any atom is 0.0456 e. The van der Waals surface area contributed by atoms with Crippen LogP contribution in [0.4, 0.5) is 0 Å². The average molecular weight is 240 g/mol. The first-order chi connectivity index (χ1) is 7.16. The molecule has 0 saturated heterocycles. The Kier molecular flexibility index (Phi) is 3.03. The lowest BCUT2D eigenvalue weighted by Crippen LogP contribution is -1.93. The highest BCUT2D eigenvalue weighted by atomic mass is 35.5. The summed E-state index contributed by atoms with van der Waals surface area (Å²) >= 11 is 12.2. The van der Waals surface area contributed by atoms with Gasteiger partial charge in [0.15, 0.2) is 0 Å². The third-order valence-corrected chi connectivity index (χ3v) is 3.09. The van der Waals surface area contributed by atoms with Crippen LogP contribution in [-0.2, 0) is 6.42 Å². The van der Waals surface area contributed by atoms with Gasteiger partial charge >= 0.3 is 0 Å². The molecule has 1 N–H and O–H groups in total. The molecule has 1 heterocycles. The Labute approximate surface area is 99.4 Å². The summed E-state index contributed by atoms with van der Waals surface area (Å²) in [5.74, 6) is 0. The zero-order valence-corrected chi connectivity index (χ0v) is 9.70. The van der Waals surface area contributed by atoms with Crippen LogP contribution in [0.2, 0.25) is 10.0 Å². The van der Waals surface area contributed by atoms with Gasteiger partial charge in [-0.05, 0) is 29.7 Å². The van der Waals surface area contributed by atoms with Gasteiger partial charge in [0.05, 0.1) is 0 Å². The molecule has 2 rings (SSSR count). The first-order valence-corrected chi connectivity index (χ1v) is 5.47. The molecule has 0 aliphatic carbocycles. The fourth-order valence-electron chi connectivity index (χ4n) is 1.62. The number of benzene rings is 1. The summed E-state index contributed by atoms with van der Waals surface area (Å²) in [7, 11) is 0. The molecule has 0 saturated carbocycles. The van der Waals surface area contributed by atoms with E-state index in [1.807, 2.05) is 24.4 Å². The minimum atomic E-state index is 0.723. The lowest BCUT2D eigenvalue weighted by molar-refractivity contribution is 1.04. The van der Waals surface area contributed by atoms with Gasteiger partial charge in [0, 0.05) is 28.4 Å². The molecule has 0 aromatic heterocycles. The largest absolute Gasteiger partial charge is 0.365 e. The van der Waals surface area contributed by atoms with E-state index >= 15 is 0 Å². The van der Waals surface area contributed by atoms with E-state index in [-0.39, 0.29) is 0 Å². The van der Waals surface area contributed by atoms with Crippen LogP contribution in [0.5, 0.6) is 0 Å². The Morgan fingerprint density at radius 1 is 1.27 bits per heavy atom. The van der Waals surface area contributed by atoms with Crippen LogP contribution in [0.25, 0.3) is 0 Å². The molecule has 0 unspecified atom stereocenters. The van der Waals surface area contributed by atoms with E-state index in [4.69, 9.17) is 23.2 Å². The molecule has 78 valence electrons. The Balaban J connectivity index is 2.21. The van der Waals surface area contributed by atoms with Gasteiger partial charge in [0.1, 0.15) is 0 Å². The van der Waals surface area contributed by atoms with Crippen molar-refractivity contribution >= 4 is 23.2 Å². The lowest BCUT2D eigenvalue weighted by atomic mass is 10.0. The van der Waals surface area contributed by atoms with Crippen LogP contribution in [0, 0.1) is 0 Å². The second-order valence-electron chi connectivity index (χ2n) is 3.60. The topological polar surface area (TPSA) is 12.0 Å². The SMILES string of the molecule is C=C1CC(Cc2c(Cl)cccc2Cl)=CN1. The molecule has 0 spiro atoms. The molecular weight excluding hydrogens is 229 g/mol. The lowest BCUT2D eigenvalue weighted by Gasteiger charge is -2.06. The molecular formula is C12H11Cl2N. The standard InChI is InChI=1S/C12H11Cl2N/c1-8-5-9(7-15-8)6-10-11(13)3-2-4-12(10)14/h2-4,7,15H,1,5-6H2. The van der Waals surface area contributed by atoms with Crippen LogP contribution in [-0.4, -0.2) is 0 Å². The van der Waals surface area contributed by atoms with Crippen molar-refractivity contribution in [2.75, 3.05) is 0 Å². The minimum absolute atomic E-state index is 0.723. The molecule has 0 bridgehead atoms. The molecule has 1 nitrogen and oxygen atoms in total. The second kappa shape index (κ2) is 4.30. The summed E-state index contributed by atoms with van der Waals surface area (Å²) in [6.45, 7) is 3.86. The quantitative estimate of drug-likeness (QED) is 0.825. The highest BCUT2D eigenvalue weighted by Crippen LogP contribution is 2.29. The molecule has 15 heavy (non-hydrogen) atoms. The third-order valence-electron chi connectivity index (χ3n) is 2.39. The minimum Gasteiger partial charge on any atom is -0.365 e. The number of hydrogen-bond acceptors (Lipinski definition) is 1. The molecule has 1 aliphatic rings. The van der Waals surface area contributed by atoms with Gasteiger partial charge in [-0.3, -0.25) is 0 Å². The van der Waals surface area contributed by atoms with E-state index in [1.54, 1.807) is 0 Å². The third kappa shape index (κ3) is 2.36. The van der Waals surface area contributed by atoms with E-state index in [2.05, 4.69) is 11.9 Å². The number of rotatable bonds is 2. The summed E-state index contributed by atoms with van der Waals surface area (Å²) in [4.78, 5) is 0. The first kappa shape index (κ1) is 10.6. The molecule has 0 radical (unpaired) electrons. The number of allylic oxidation sites excluding steroid dienone is 1. The summed E-state index contributed by atoms with van der Waals surface area (Å²) in [6, 6.07) is 5.58. The van der Waals surface area contributed by atoms with Crippen LogP contribution in [0.1, 0.15) is 12.0 Å².